The van der Waals surface area contributed by atoms with Crippen molar-refractivity contribution in [2.75, 3.05) is 33.7 Å². The Bertz CT molecular complexity index is 434. The zero-order valence-corrected chi connectivity index (χ0v) is 14.2. The fourth-order valence-corrected chi connectivity index (χ4v) is 3.53. The van der Waals surface area contributed by atoms with Crippen molar-refractivity contribution in [1.29, 1.82) is 0 Å². The number of benzene rings is 1. The molecule has 0 spiro atoms. The van der Waals surface area contributed by atoms with Crippen LogP contribution in [0.4, 0.5) is 0 Å². The molecule has 0 saturated carbocycles. The van der Waals surface area contributed by atoms with Gasteiger partial charge in [0, 0.05) is 30.2 Å². The third-order valence-corrected chi connectivity index (χ3v) is 4.85. The first-order valence-corrected chi connectivity index (χ1v) is 8.29. The fourth-order valence-electron chi connectivity index (χ4n) is 3.41. The SMILES string of the molecule is CCC(N)C(c1ccc(Cl)cc1)N(C)CC1CCN(C)C1. The van der Waals surface area contributed by atoms with E-state index in [0.29, 0.717) is 0 Å². The Kier molecular flexibility index (Phi) is 6.06. The van der Waals surface area contributed by atoms with Gasteiger partial charge in [0.1, 0.15) is 0 Å². The molecule has 1 aromatic carbocycles. The molecule has 3 nitrogen and oxygen atoms in total. The summed E-state index contributed by atoms with van der Waals surface area (Å²) in [5.74, 6) is 0.749. The van der Waals surface area contributed by atoms with Crippen LogP contribution in [0.5, 0.6) is 0 Å². The molecule has 0 aromatic heterocycles. The molecule has 0 aliphatic carbocycles. The summed E-state index contributed by atoms with van der Waals surface area (Å²) >= 11 is 6.01. The standard InChI is InChI=1S/C17H28ClN3/c1-4-16(19)17(14-5-7-15(18)8-6-14)21(3)12-13-9-10-20(2)11-13/h5-8,13,16-17H,4,9-12,19H2,1-3H3. The Hall–Kier alpha value is -0.610. The van der Waals surface area contributed by atoms with Crippen molar-refractivity contribution < 1.29 is 0 Å². The fraction of sp³-hybridized carbons (Fsp3) is 0.647. The lowest BCUT2D eigenvalue weighted by Crippen LogP contribution is -2.41. The van der Waals surface area contributed by atoms with Crippen LogP contribution in [0.15, 0.2) is 24.3 Å². The van der Waals surface area contributed by atoms with Crippen LogP contribution in [0.3, 0.4) is 0 Å². The summed E-state index contributed by atoms with van der Waals surface area (Å²) in [7, 11) is 4.40. The highest BCUT2D eigenvalue weighted by Crippen LogP contribution is 2.27. The molecule has 3 atom stereocenters. The van der Waals surface area contributed by atoms with E-state index in [-0.39, 0.29) is 12.1 Å². The predicted octanol–water partition coefficient (Wildman–Crippen LogP) is 3.00. The number of rotatable bonds is 6. The summed E-state index contributed by atoms with van der Waals surface area (Å²) in [6.07, 6.45) is 2.26. The minimum atomic E-state index is 0.148. The maximum atomic E-state index is 6.40. The summed E-state index contributed by atoms with van der Waals surface area (Å²) in [5, 5.41) is 0.780. The summed E-state index contributed by atoms with van der Waals surface area (Å²) in [5.41, 5.74) is 7.67. The van der Waals surface area contributed by atoms with Crippen molar-refractivity contribution in [2.45, 2.75) is 31.8 Å². The highest BCUT2D eigenvalue weighted by molar-refractivity contribution is 6.30. The van der Waals surface area contributed by atoms with Crippen molar-refractivity contribution >= 4 is 11.6 Å². The molecule has 1 saturated heterocycles. The first-order valence-electron chi connectivity index (χ1n) is 7.91. The number of hydrogen-bond donors (Lipinski definition) is 1. The van der Waals surface area contributed by atoms with E-state index in [4.69, 9.17) is 17.3 Å². The van der Waals surface area contributed by atoms with E-state index in [0.717, 1.165) is 23.9 Å². The van der Waals surface area contributed by atoms with E-state index in [1.54, 1.807) is 0 Å². The van der Waals surface area contributed by atoms with Gasteiger partial charge >= 0.3 is 0 Å². The van der Waals surface area contributed by atoms with Crippen LogP contribution in [-0.4, -0.2) is 49.6 Å². The molecule has 2 rings (SSSR count). The van der Waals surface area contributed by atoms with Crippen LogP contribution >= 0.6 is 11.6 Å². The van der Waals surface area contributed by atoms with Crippen molar-refractivity contribution in [3.63, 3.8) is 0 Å². The molecule has 0 bridgehead atoms. The van der Waals surface area contributed by atoms with E-state index in [1.807, 2.05) is 12.1 Å². The van der Waals surface area contributed by atoms with Crippen LogP contribution in [0.25, 0.3) is 0 Å². The third kappa shape index (κ3) is 4.43. The third-order valence-electron chi connectivity index (χ3n) is 4.60. The molecule has 0 radical (unpaired) electrons. The number of nitrogens with zero attached hydrogens (tertiary/aromatic N) is 2. The quantitative estimate of drug-likeness (QED) is 0.877. The van der Waals surface area contributed by atoms with Gasteiger partial charge in [-0.3, -0.25) is 4.90 Å². The van der Waals surface area contributed by atoms with Crippen molar-refractivity contribution in [1.82, 2.24) is 9.80 Å². The van der Waals surface area contributed by atoms with Crippen molar-refractivity contribution in [3.8, 4) is 0 Å². The second-order valence-corrected chi connectivity index (χ2v) is 6.86. The van der Waals surface area contributed by atoms with E-state index < -0.39 is 0 Å². The predicted molar refractivity (Wildman–Crippen MR) is 90.7 cm³/mol. The molecule has 1 fully saturated rings. The summed E-state index contributed by atoms with van der Waals surface area (Å²) in [6, 6.07) is 8.56. The van der Waals surface area contributed by atoms with Crippen LogP contribution < -0.4 is 5.73 Å². The van der Waals surface area contributed by atoms with E-state index in [1.165, 1.54) is 25.1 Å². The number of nitrogens with two attached hydrogens (primary N) is 1. The highest BCUT2D eigenvalue weighted by atomic mass is 35.5. The molecule has 1 heterocycles. The molecular formula is C17H28ClN3. The van der Waals surface area contributed by atoms with E-state index in [9.17, 15) is 0 Å². The monoisotopic (exact) mass is 309 g/mol. The van der Waals surface area contributed by atoms with E-state index >= 15 is 0 Å². The normalized spacial score (nSPS) is 22.7. The lowest BCUT2D eigenvalue weighted by atomic mass is 9.95. The van der Waals surface area contributed by atoms with Gasteiger partial charge in [0.15, 0.2) is 0 Å². The average Bonchev–Trinajstić information content (AvgIpc) is 2.86. The molecule has 1 aromatic rings. The summed E-state index contributed by atoms with van der Waals surface area (Å²) in [4.78, 5) is 4.84. The maximum Gasteiger partial charge on any atom is 0.0496 e. The van der Waals surface area contributed by atoms with Gasteiger partial charge in [0.2, 0.25) is 0 Å². The Labute approximate surface area is 134 Å². The van der Waals surface area contributed by atoms with E-state index in [2.05, 4.69) is 43.0 Å². The smallest absolute Gasteiger partial charge is 0.0496 e. The van der Waals surface area contributed by atoms with Gasteiger partial charge < -0.3 is 10.6 Å². The van der Waals surface area contributed by atoms with Crippen LogP contribution in [0.2, 0.25) is 5.02 Å². The lowest BCUT2D eigenvalue weighted by molar-refractivity contribution is 0.180. The topological polar surface area (TPSA) is 32.5 Å². The van der Waals surface area contributed by atoms with Gasteiger partial charge in [-0.2, -0.15) is 0 Å². The highest BCUT2D eigenvalue weighted by Gasteiger charge is 2.27. The number of likely N-dealkylation sites (tertiary alicyclic amines) is 1. The molecule has 0 amide bonds. The van der Waals surface area contributed by atoms with Crippen LogP contribution in [-0.2, 0) is 0 Å². The zero-order valence-electron chi connectivity index (χ0n) is 13.4. The Morgan fingerprint density at radius 1 is 1.38 bits per heavy atom. The first kappa shape index (κ1) is 16.8. The molecule has 1 aliphatic heterocycles. The molecule has 3 unspecified atom stereocenters. The van der Waals surface area contributed by atoms with Crippen LogP contribution in [0.1, 0.15) is 31.4 Å². The number of halogens is 1. The lowest BCUT2D eigenvalue weighted by Gasteiger charge is -2.34. The summed E-state index contributed by atoms with van der Waals surface area (Å²) < 4.78 is 0. The van der Waals surface area contributed by atoms with Gasteiger partial charge in [-0.15, -0.1) is 0 Å². The Morgan fingerprint density at radius 2 is 2.05 bits per heavy atom. The van der Waals surface area contributed by atoms with Gasteiger partial charge in [-0.1, -0.05) is 30.7 Å². The Balaban J connectivity index is 2.09. The minimum absolute atomic E-state index is 0.148. The molecular weight excluding hydrogens is 282 g/mol. The minimum Gasteiger partial charge on any atom is -0.326 e. The maximum absolute atomic E-state index is 6.40. The average molecular weight is 310 g/mol. The largest absolute Gasteiger partial charge is 0.326 e. The van der Waals surface area contributed by atoms with Crippen LogP contribution in [0, 0.1) is 5.92 Å². The number of hydrogen-bond acceptors (Lipinski definition) is 3. The summed E-state index contributed by atoms with van der Waals surface area (Å²) in [6.45, 7) is 5.67. The molecule has 4 heteroatoms. The number of likely N-dealkylation sites (N-methyl/N-ethyl adjacent to an activating group) is 1. The second-order valence-electron chi connectivity index (χ2n) is 6.43. The first-order chi connectivity index (χ1) is 10.0. The molecule has 1 aliphatic rings. The van der Waals surface area contributed by atoms with Gasteiger partial charge in [0.25, 0.3) is 0 Å². The molecule has 2 N–H and O–H groups in total. The van der Waals surface area contributed by atoms with Gasteiger partial charge in [-0.05, 0) is 57.1 Å². The van der Waals surface area contributed by atoms with Crippen molar-refractivity contribution in [3.05, 3.63) is 34.9 Å². The molecule has 118 valence electrons. The van der Waals surface area contributed by atoms with Crippen molar-refractivity contribution in [2.24, 2.45) is 11.7 Å². The molecule has 21 heavy (non-hydrogen) atoms. The van der Waals surface area contributed by atoms with Gasteiger partial charge in [0.05, 0.1) is 0 Å². The second kappa shape index (κ2) is 7.59. The van der Waals surface area contributed by atoms with Gasteiger partial charge in [-0.25, -0.2) is 0 Å². The zero-order chi connectivity index (χ0) is 15.4. The Morgan fingerprint density at radius 3 is 2.57 bits per heavy atom.